The Morgan fingerprint density at radius 1 is 1.44 bits per heavy atom. The molecule has 1 aromatic rings. The lowest BCUT2D eigenvalue weighted by molar-refractivity contribution is -0.385. The highest BCUT2D eigenvalue weighted by molar-refractivity contribution is 5.59. The van der Waals surface area contributed by atoms with Crippen molar-refractivity contribution in [3.05, 3.63) is 28.3 Å². The number of anilines is 1. The molecule has 0 bridgehead atoms. The van der Waals surface area contributed by atoms with Crippen LogP contribution in [0.5, 0.6) is 5.75 Å². The van der Waals surface area contributed by atoms with Gasteiger partial charge in [0.15, 0.2) is 5.75 Å². The van der Waals surface area contributed by atoms with Gasteiger partial charge in [0.2, 0.25) is 0 Å². The zero-order chi connectivity index (χ0) is 13.5. The third-order valence-electron chi connectivity index (χ3n) is 2.56. The van der Waals surface area contributed by atoms with E-state index < -0.39 is 4.92 Å². The Kier molecular flexibility index (Phi) is 5.38. The number of likely N-dealkylation sites (N-methyl/N-ethyl adjacent to an activating group) is 1. The SMILES string of the molecule is CCOc1cc(N(CC)CCO)ccc1[N+](=O)[O-]. The van der Waals surface area contributed by atoms with E-state index in [9.17, 15) is 10.1 Å². The van der Waals surface area contributed by atoms with Gasteiger partial charge in [0, 0.05) is 30.9 Å². The van der Waals surface area contributed by atoms with Crippen LogP contribution in [0.2, 0.25) is 0 Å². The molecule has 0 aliphatic carbocycles. The molecule has 1 aromatic carbocycles. The van der Waals surface area contributed by atoms with Crippen molar-refractivity contribution in [1.29, 1.82) is 0 Å². The molecule has 0 atom stereocenters. The van der Waals surface area contributed by atoms with E-state index in [2.05, 4.69) is 0 Å². The van der Waals surface area contributed by atoms with Crippen LogP contribution >= 0.6 is 0 Å². The van der Waals surface area contributed by atoms with Crippen LogP contribution in [0.3, 0.4) is 0 Å². The Labute approximate surface area is 106 Å². The summed E-state index contributed by atoms with van der Waals surface area (Å²) in [5.74, 6) is 0.261. The third-order valence-corrected chi connectivity index (χ3v) is 2.56. The van der Waals surface area contributed by atoms with E-state index in [1.165, 1.54) is 6.07 Å². The van der Waals surface area contributed by atoms with Crippen LogP contribution in [-0.4, -0.2) is 36.3 Å². The van der Waals surface area contributed by atoms with Crippen LogP contribution in [0.25, 0.3) is 0 Å². The van der Waals surface area contributed by atoms with E-state index in [-0.39, 0.29) is 18.0 Å². The zero-order valence-corrected chi connectivity index (χ0v) is 10.6. The smallest absolute Gasteiger partial charge is 0.311 e. The van der Waals surface area contributed by atoms with Crippen molar-refractivity contribution in [2.45, 2.75) is 13.8 Å². The van der Waals surface area contributed by atoms with Crippen LogP contribution < -0.4 is 9.64 Å². The number of benzene rings is 1. The lowest BCUT2D eigenvalue weighted by Gasteiger charge is -2.22. The summed E-state index contributed by atoms with van der Waals surface area (Å²) < 4.78 is 5.28. The molecule has 0 aromatic heterocycles. The molecule has 0 aliphatic rings. The second-order valence-electron chi connectivity index (χ2n) is 3.65. The quantitative estimate of drug-likeness (QED) is 0.593. The fraction of sp³-hybridized carbons (Fsp3) is 0.500. The molecule has 1 N–H and O–H groups in total. The Hall–Kier alpha value is -1.82. The molecule has 0 saturated carbocycles. The number of hydrogen-bond acceptors (Lipinski definition) is 5. The molecular weight excluding hydrogens is 236 g/mol. The number of aliphatic hydroxyl groups excluding tert-OH is 1. The Morgan fingerprint density at radius 2 is 2.17 bits per heavy atom. The molecule has 0 amide bonds. The highest BCUT2D eigenvalue weighted by Crippen LogP contribution is 2.31. The minimum Gasteiger partial charge on any atom is -0.487 e. The fourth-order valence-electron chi connectivity index (χ4n) is 1.71. The predicted molar refractivity (Wildman–Crippen MR) is 69.2 cm³/mol. The van der Waals surface area contributed by atoms with E-state index >= 15 is 0 Å². The van der Waals surface area contributed by atoms with Gasteiger partial charge < -0.3 is 14.7 Å². The average molecular weight is 254 g/mol. The van der Waals surface area contributed by atoms with Gasteiger partial charge in [-0.3, -0.25) is 10.1 Å². The number of nitro groups is 1. The summed E-state index contributed by atoms with van der Waals surface area (Å²) in [6.45, 7) is 5.34. The van der Waals surface area contributed by atoms with Gasteiger partial charge in [-0.15, -0.1) is 0 Å². The number of hydrogen-bond donors (Lipinski definition) is 1. The van der Waals surface area contributed by atoms with E-state index in [1.807, 2.05) is 11.8 Å². The fourth-order valence-corrected chi connectivity index (χ4v) is 1.71. The van der Waals surface area contributed by atoms with Crippen LogP contribution in [0.4, 0.5) is 11.4 Å². The summed E-state index contributed by atoms with van der Waals surface area (Å²) >= 11 is 0. The molecule has 18 heavy (non-hydrogen) atoms. The highest BCUT2D eigenvalue weighted by atomic mass is 16.6. The Morgan fingerprint density at radius 3 is 2.67 bits per heavy atom. The van der Waals surface area contributed by atoms with Gasteiger partial charge in [-0.1, -0.05) is 0 Å². The number of rotatable bonds is 7. The molecule has 0 fully saturated rings. The first-order valence-electron chi connectivity index (χ1n) is 5.91. The maximum Gasteiger partial charge on any atom is 0.311 e. The van der Waals surface area contributed by atoms with Crippen molar-refractivity contribution >= 4 is 11.4 Å². The molecule has 6 nitrogen and oxygen atoms in total. The van der Waals surface area contributed by atoms with Crippen molar-refractivity contribution in [3.63, 3.8) is 0 Å². The standard InChI is InChI=1S/C12H18N2O4/c1-3-13(7-8-15)10-5-6-11(14(16)17)12(9-10)18-4-2/h5-6,9,15H,3-4,7-8H2,1-2H3. The van der Waals surface area contributed by atoms with E-state index in [0.29, 0.717) is 19.7 Å². The summed E-state index contributed by atoms with van der Waals surface area (Å²) in [6.07, 6.45) is 0. The van der Waals surface area contributed by atoms with Gasteiger partial charge >= 0.3 is 5.69 Å². The lowest BCUT2D eigenvalue weighted by atomic mass is 10.2. The highest BCUT2D eigenvalue weighted by Gasteiger charge is 2.17. The molecular formula is C12H18N2O4. The molecule has 0 unspecified atom stereocenters. The largest absolute Gasteiger partial charge is 0.487 e. The topological polar surface area (TPSA) is 75.8 Å². The average Bonchev–Trinajstić information content (AvgIpc) is 2.36. The lowest BCUT2D eigenvalue weighted by Crippen LogP contribution is -2.26. The minimum absolute atomic E-state index is 0.0365. The Bertz CT molecular complexity index is 409. The van der Waals surface area contributed by atoms with Crippen LogP contribution in [0, 0.1) is 10.1 Å². The maximum absolute atomic E-state index is 10.8. The van der Waals surface area contributed by atoms with Crippen molar-refractivity contribution in [2.24, 2.45) is 0 Å². The maximum atomic E-state index is 10.8. The molecule has 0 heterocycles. The second kappa shape index (κ2) is 6.80. The van der Waals surface area contributed by atoms with Gasteiger partial charge in [0.25, 0.3) is 0 Å². The van der Waals surface area contributed by atoms with Crippen LogP contribution in [-0.2, 0) is 0 Å². The summed E-state index contributed by atoms with van der Waals surface area (Å²) in [7, 11) is 0. The van der Waals surface area contributed by atoms with Gasteiger partial charge in [-0.25, -0.2) is 0 Å². The predicted octanol–water partition coefficient (Wildman–Crippen LogP) is 1.81. The monoisotopic (exact) mass is 254 g/mol. The molecule has 0 saturated heterocycles. The number of ether oxygens (including phenoxy) is 1. The molecule has 0 aliphatic heterocycles. The van der Waals surface area contributed by atoms with Crippen molar-refractivity contribution in [2.75, 3.05) is 31.2 Å². The number of nitrogens with zero attached hydrogens (tertiary/aromatic N) is 2. The number of aliphatic hydroxyl groups is 1. The van der Waals surface area contributed by atoms with Crippen molar-refractivity contribution in [3.8, 4) is 5.75 Å². The molecule has 6 heteroatoms. The van der Waals surface area contributed by atoms with Crippen molar-refractivity contribution in [1.82, 2.24) is 0 Å². The van der Waals surface area contributed by atoms with Gasteiger partial charge in [-0.05, 0) is 19.9 Å². The summed E-state index contributed by atoms with van der Waals surface area (Å²) in [5, 5.41) is 19.8. The summed E-state index contributed by atoms with van der Waals surface area (Å²) in [4.78, 5) is 12.3. The van der Waals surface area contributed by atoms with E-state index in [4.69, 9.17) is 9.84 Å². The van der Waals surface area contributed by atoms with E-state index in [0.717, 1.165) is 5.69 Å². The van der Waals surface area contributed by atoms with Crippen LogP contribution in [0.1, 0.15) is 13.8 Å². The van der Waals surface area contributed by atoms with E-state index in [1.54, 1.807) is 19.1 Å². The van der Waals surface area contributed by atoms with Crippen molar-refractivity contribution < 1.29 is 14.8 Å². The third kappa shape index (κ3) is 3.33. The number of nitro benzene ring substituents is 1. The minimum atomic E-state index is -0.461. The molecule has 1 rings (SSSR count). The first-order valence-corrected chi connectivity index (χ1v) is 5.91. The van der Waals surface area contributed by atoms with Gasteiger partial charge in [0.1, 0.15) is 0 Å². The normalized spacial score (nSPS) is 10.2. The molecule has 0 spiro atoms. The second-order valence-corrected chi connectivity index (χ2v) is 3.65. The molecule has 0 radical (unpaired) electrons. The van der Waals surface area contributed by atoms with Crippen LogP contribution in [0.15, 0.2) is 18.2 Å². The first-order chi connectivity index (χ1) is 8.63. The zero-order valence-electron chi connectivity index (χ0n) is 10.6. The summed E-state index contributed by atoms with van der Waals surface area (Å²) in [5.41, 5.74) is 0.765. The van der Waals surface area contributed by atoms with Gasteiger partial charge in [-0.2, -0.15) is 0 Å². The van der Waals surface area contributed by atoms with Gasteiger partial charge in [0.05, 0.1) is 18.1 Å². The summed E-state index contributed by atoms with van der Waals surface area (Å²) in [6, 6.07) is 4.74. The molecule has 100 valence electrons. The first kappa shape index (κ1) is 14.2. The Balaban J connectivity index is 3.08.